The van der Waals surface area contributed by atoms with Crippen molar-refractivity contribution in [1.82, 2.24) is 0 Å². The molecule has 122 valence electrons. The van der Waals surface area contributed by atoms with Crippen LogP contribution in [0, 0.1) is 23.2 Å². The molecule has 0 bridgehead atoms. The van der Waals surface area contributed by atoms with Crippen molar-refractivity contribution < 1.29 is 4.74 Å². The van der Waals surface area contributed by atoms with Crippen molar-refractivity contribution in [3.8, 4) is 0 Å². The second-order valence-corrected chi connectivity index (χ2v) is 8.05. The fourth-order valence-corrected chi connectivity index (χ4v) is 4.85. The van der Waals surface area contributed by atoms with E-state index in [9.17, 15) is 0 Å². The first-order valence-corrected chi connectivity index (χ1v) is 9.30. The molecule has 2 atom stereocenters. The molecule has 0 aromatic heterocycles. The van der Waals surface area contributed by atoms with Gasteiger partial charge in [-0.15, -0.1) is 6.58 Å². The Morgan fingerprint density at radius 3 is 2.38 bits per heavy atom. The number of rotatable bonds is 6. The molecule has 2 rings (SSSR count). The van der Waals surface area contributed by atoms with Gasteiger partial charge in [-0.1, -0.05) is 46.1 Å². The largest absolute Gasteiger partial charge is 0.374 e. The highest BCUT2D eigenvalue weighted by Crippen LogP contribution is 2.49. The highest BCUT2D eigenvalue weighted by molar-refractivity contribution is 4.91. The van der Waals surface area contributed by atoms with E-state index in [2.05, 4.69) is 27.4 Å². The van der Waals surface area contributed by atoms with Gasteiger partial charge in [0.25, 0.3) is 0 Å². The van der Waals surface area contributed by atoms with Crippen LogP contribution in [-0.2, 0) is 4.74 Å². The second-order valence-electron chi connectivity index (χ2n) is 8.05. The molecule has 2 aliphatic carbocycles. The van der Waals surface area contributed by atoms with Gasteiger partial charge < -0.3 is 4.74 Å². The predicted octanol–water partition coefficient (Wildman–Crippen LogP) is 5.99. The molecular weight excluding hydrogens is 256 g/mol. The molecule has 2 unspecified atom stereocenters. The molecule has 2 aliphatic rings. The fraction of sp³-hybridized carbons (Fsp3) is 0.900. The topological polar surface area (TPSA) is 9.23 Å². The molecule has 21 heavy (non-hydrogen) atoms. The molecule has 2 saturated carbocycles. The van der Waals surface area contributed by atoms with E-state index in [1.807, 2.05) is 6.08 Å². The van der Waals surface area contributed by atoms with Crippen LogP contribution in [0.15, 0.2) is 12.7 Å². The summed E-state index contributed by atoms with van der Waals surface area (Å²) in [7, 11) is 0. The van der Waals surface area contributed by atoms with Crippen LogP contribution in [0.3, 0.4) is 0 Å². The summed E-state index contributed by atoms with van der Waals surface area (Å²) in [6, 6.07) is 0. The first-order chi connectivity index (χ1) is 10.1. The Kier molecular flexibility index (Phi) is 6.34. The van der Waals surface area contributed by atoms with Crippen LogP contribution in [-0.4, -0.2) is 12.7 Å². The Morgan fingerprint density at radius 2 is 1.76 bits per heavy atom. The van der Waals surface area contributed by atoms with Crippen LogP contribution in [0.4, 0.5) is 0 Å². The minimum atomic E-state index is 0.491. The Balaban J connectivity index is 1.86. The SMILES string of the molecule is C=CCOC1CCC(C(C)(C)C2CCCC(CC)C2)CC1. The Bertz CT molecular complexity index is 312. The highest BCUT2D eigenvalue weighted by atomic mass is 16.5. The van der Waals surface area contributed by atoms with E-state index >= 15 is 0 Å². The van der Waals surface area contributed by atoms with Gasteiger partial charge >= 0.3 is 0 Å². The first kappa shape index (κ1) is 17.1. The van der Waals surface area contributed by atoms with Crippen LogP contribution in [0.2, 0.25) is 0 Å². The van der Waals surface area contributed by atoms with Crippen molar-refractivity contribution >= 4 is 0 Å². The minimum absolute atomic E-state index is 0.491. The third-order valence-corrected chi connectivity index (χ3v) is 6.59. The zero-order valence-corrected chi connectivity index (χ0v) is 14.6. The van der Waals surface area contributed by atoms with E-state index in [0.29, 0.717) is 11.5 Å². The summed E-state index contributed by atoms with van der Waals surface area (Å²) >= 11 is 0. The third kappa shape index (κ3) is 4.34. The molecule has 0 aromatic carbocycles. The lowest BCUT2D eigenvalue weighted by atomic mass is 9.59. The molecule has 1 heteroatoms. The van der Waals surface area contributed by atoms with E-state index in [0.717, 1.165) is 24.4 Å². The van der Waals surface area contributed by atoms with Gasteiger partial charge in [0.2, 0.25) is 0 Å². The monoisotopic (exact) mass is 292 g/mol. The van der Waals surface area contributed by atoms with Crippen molar-refractivity contribution in [2.75, 3.05) is 6.61 Å². The zero-order chi connectivity index (χ0) is 15.3. The van der Waals surface area contributed by atoms with Gasteiger partial charge in [0.05, 0.1) is 12.7 Å². The lowest BCUT2D eigenvalue weighted by Gasteiger charge is -2.47. The lowest BCUT2D eigenvalue weighted by molar-refractivity contribution is -0.0115. The van der Waals surface area contributed by atoms with E-state index in [-0.39, 0.29) is 0 Å². The summed E-state index contributed by atoms with van der Waals surface area (Å²) in [5.41, 5.74) is 0.525. The molecule has 1 nitrogen and oxygen atoms in total. The predicted molar refractivity (Wildman–Crippen MR) is 91.4 cm³/mol. The van der Waals surface area contributed by atoms with Crippen LogP contribution in [0.1, 0.15) is 78.6 Å². The average Bonchev–Trinajstić information content (AvgIpc) is 2.53. The van der Waals surface area contributed by atoms with Gasteiger partial charge in [0.15, 0.2) is 0 Å². The third-order valence-electron chi connectivity index (χ3n) is 6.59. The summed E-state index contributed by atoms with van der Waals surface area (Å²) in [5, 5.41) is 0. The van der Waals surface area contributed by atoms with Crippen molar-refractivity contribution in [3.05, 3.63) is 12.7 Å². The van der Waals surface area contributed by atoms with E-state index in [1.54, 1.807) is 0 Å². The van der Waals surface area contributed by atoms with E-state index in [1.165, 1.54) is 57.8 Å². The summed E-state index contributed by atoms with van der Waals surface area (Å²) in [5.74, 6) is 2.85. The molecular formula is C20H36O. The van der Waals surface area contributed by atoms with Gasteiger partial charge in [0, 0.05) is 0 Å². The zero-order valence-electron chi connectivity index (χ0n) is 14.6. The maximum atomic E-state index is 5.85. The Morgan fingerprint density at radius 1 is 1.05 bits per heavy atom. The molecule has 0 spiro atoms. The first-order valence-electron chi connectivity index (χ1n) is 9.30. The van der Waals surface area contributed by atoms with Crippen molar-refractivity contribution in [1.29, 1.82) is 0 Å². The quantitative estimate of drug-likeness (QED) is 0.546. The standard InChI is InChI=1S/C20H36O/c1-5-14-21-19-12-10-17(11-13-19)20(3,4)18-9-7-8-16(6-2)15-18/h5,16-19H,1,6-15H2,2-4H3. The van der Waals surface area contributed by atoms with Crippen molar-refractivity contribution in [2.24, 2.45) is 23.2 Å². The molecule has 0 aliphatic heterocycles. The van der Waals surface area contributed by atoms with Crippen LogP contribution in [0.5, 0.6) is 0 Å². The Hall–Kier alpha value is -0.300. The number of ether oxygens (including phenoxy) is 1. The maximum absolute atomic E-state index is 5.85. The van der Waals surface area contributed by atoms with Crippen molar-refractivity contribution in [2.45, 2.75) is 84.7 Å². The van der Waals surface area contributed by atoms with Gasteiger partial charge in [-0.05, 0) is 61.7 Å². The van der Waals surface area contributed by atoms with Gasteiger partial charge in [-0.25, -0.2) is 0 Å². The molecule has 0 N–H and O–H groups in total. The van der Waals surface area contributed by atoms with Crippen molar-refractivity contribution in [3.63, 3.8) is 0 Å². The highest BCUT2D eigenvalue weighted by Gasteiger charge is 2.40. The maximum Gasteiger partial charge on any atom is 0.0648 e. The van der Waals surface area contributed by atoms with Crippen LogP contribution < -0.4 is 0 Å². The second kappa shape index (κ2) is 7.81. The van der Waals surface area contributed by atoms with Gasteiger partial charge in [-0.3, -0.25) is 0 Å². The molecule has 0 heterocycles. The molecule has 0 radical (unpaired) electrons. The molecule has 0 amide bonds. The van der Waals surface area contributed by atoms with Gasteiger partial charge in [0.1, 0.15) is 0 Å². The summed E-state index contributed by atoms with van der Waals surface area (Å²) in [6.07, 6.45) is 14.9. The van der Waals surface area contributed by atoms with Gasteiger partial charge in [-0.2, -0.15) is 0 Å². The minimum Gasteiger partial charge on any atom is -0.374 e. The summed E-state index contributed by atoms with van der Waals surface area (Å²) in [6.45, 7) is 12.0. The molecule has 0 aromatic rings. The van der Waals surface area contributed by atoms with Crippen LogP contribution >= 0.6 is 0 Å². The average molecular weight is 293 g/mol. The van der Waals surface area contributed by atoms with E-state index in [4.69, 9.17) is 4.74 Å². The summed E-state index contributed by atoms with van der Waals surface area (Å²) < 4.78 is 5.85. The normalized spacial score (nSPS) is 34.6. The Labute approximate surface area is 132 Å². The number of hydrogen-bond donors (Lipinski definition) is 0. The van der Waals surface area contributed by atoms with E-state index < -0.39 is 0 Å². The lowest BCUT2D eigenvalue weighted by Crippen LogP contribution is -2.38. The van der Waals surface area contributed by atoms with Crippen LogP contribution in [0.25, 0.3) is 0 Å². The fourth-order valence-electron chi connectivity index (χ4n) is 4.85. The number of hydrogen-bond acceptors (Lipinski definition) is 1. The smallest absolute Gasteiger partial charge is 0.0648 e. The summed E-state index contributed by atoms with van der Waals surface area (Å²) in [4.78, 5) is 0. The molecule has 0 saturated heterocycles. The molecule has 2 fully saturated rings.